The average molecular weight is 961 g/mol. The van der Waals surface area contributed by atoms with Gasteiger partial charge in [-0.15, -0.1) is 0 Å². The van der Waals surface area contributed by atoms with Gasteiger partial charge in [0.25, 0.3) is 20.2 Å². The Hall–Kier alpha value is -4.81. The number of hydrogen-bond acceptors (Lipinski definition) is 8. The fourth-order valence-corrected chi connectivity index (χ4v) is 13.8. The van der Waals surface area contributed by atoms with Crippen molar-refractivity contribution in [2.24, 2.45) is 11.8 Å². The zero-order chi connectivity index (χ0) is 48.1. The van der Waals surface area contributed by atoms with Crippen LogP contribution >= 0.6 is 0 Å². The number of unbranched alkanes of at least 4 members (excludes halogenated alkanes) is 2. The summed E-state index contributed by atoms with van der Waals surface area (Å²) in [5.41, 5.74) is 4.51. The molecule has 17 heteroatoms. The number of nitrogens with one attached hydrogen (secondary N) is 2. The Balaban J connectivity index is 0.838. The molecule has 4 bridgehead atoms. The lowest BCUT2D eigenvalue weighted by Gasteiger charge is -2.42. The van der Waals surface area contributed by atoms with Gasteiger partial charge in [0.15, 0.2) is 17.3 Å². The summed E-state index contributed by atoms with van der Waals surface area (Å²) in [5, 5.41) is 7.07. The number of amides is 2. The van der Waals surface area contributed by atoms with E-state index < -0.39 is 42.7 Å². The van der Waals surface area contributed by atoms with Gasteiger partial charge in [-0.2, -0.15) is 21.4 Å². The molecule has 0 radical (unpaired) electrons. The Morgan fingerprint density at radius 1 is 0.851 bits per heavy atom. The van der Waals surface area contributed by atoms with Crippen LogP contribution < -0.4 is 15.5 Å². The summed E-state index contributed by atoms with van der Waals surface area (Å²) in [6.07, 6.45) is 13.1. The van der Waals surface area contributed by atoms with E-state index in [1.165, 1.54) is 36.4 Å². The summed E-state index contributed by atoms with van der Waals surface area (Å²) >= 11 is 0. The largest absolute Gasteiger partial charge is 0.351 e. The van der Waals surface area contributed by atoms with Gasteiger partial charge in [-0.25, -0.2) is 8.78 Å². The number of rotatable bonds is 15. The Bertz CT molecular complexity index is 2880. The van der Waals surface area contributed by atoms with Crippen LogP contribution in [0.2, 0.25) is 0 Å². The van der Waals surface area contributed by atoms with Crippen molar-refractivity contribution >= 4 is 49.1 Å². The first-order chi connectivity index (χ1) is 31.4. The predicted octanol–water partition coefficient (Wildman–Crippen LogP) is 7.60. The molecular weight excluding hydrogens is 901 g/mol. The van der Waals surface area contributed by atoms with Crippen molar-refractivity contribution in [3.8, 4) is 0 Å². The molecule has 4 saturated carbocycles. The third kappa shape index (κ3) is 8.46. The van der Waals surface area contributed by atoms with Crippen LogP contribution in [0.3, 0.4) is 0 Å². The highest BCUT2D eigenvalue weighted by Crippen LogP contribution is 2.62. The molecule has 4 atom stereocenters. The van der Waals surface area contributed by atoms with Crippen molar-refractivity contribution in [3.05, 3.63) is 106 Å². The van der Waals surface area contributed by atoms with E-state index in [0.717, 1.165) is 78.9 Å². The van der Waals surface area contributed by atoms with Crippen molar-refractivity contribution in [3.63, 3.8) is 0 Å². The lowest BCUT2D eigenvalue weighted by molar-refractivity contribution is -0.433. The summed E-state index contributed by atoms with van der Waals surface area (Å²) in [6, 6.07) is 11.7. The highest BCUT2D eigenvalue weighted by Gasteiger charge is 2.64. The molecule has 3 aromatic carbocycles. The summed E-state index contributed by atoms with van der Waals surface area (Å²) in [5.74, 6) is -1.10. The molecule has 13 nitrogen and oxygen atoms in total. The number of benzene rings is 3. The maximum atomic E-state index is 13.8. The quantitative estimate of drug-likeness (QED) is 0.0675. The molecule has 67 heavy (non-hydrogen) atoms. The third-order valence-electron chi connectivity index (χ3n) is 15.8. The molecule has 3 heterocycles. The lowest BCUT2D eigenvalue weighted by atomic mass is 9.74. The smallest absolute Gasteiger partial charge is 0.294 e. The molecule has 0 aromatic heterocycles. The Morgan fingerprint density at radius 3 is 2.16 bits per heavy atom. The lowest BCUT2D eigenvalue weighted by Crippen LogP contribution is -2.56. The van der Waals surface area contributed by atoms with E-state index in [-0.39, 0.29) is 52.3 Å². The van der Waals surface area contributed by atoms with Crippen molar-refractivity contribution in [2.45, 2.75) is 137 Å². The van der Waals surface area contributed by atoms with Crippen molar-refractivity contribution in [1.82, 2.24) is 15.5 Å². The standard InChI is InChI=1S/C50H59F2N5O8S2/c1-6-56-41-16-14-35(66(60,61)62)22-37(41)47(2,3)43(56)11-10-12-44-48(4,5)38-23-36(67(63,64)65)15-17-42(38)57(44)18-9-7-8-13-45(58)54-49-24-31-19-34(26-49)50(25-31,30-49)53-27-46(59)55-28-32-20-39(51)40(52)21-33(32)29-55/h10-12,14-17,20-23,31,34,53H,6-9,13,18-19,24-30H2,1-5H3,(H2-,54,58,60,61,62,63,64,65)/p+1. The number of hydrogen-bond donors (Lipinski definition) is 4. The van der Waals surface area contributed by atoms with Crippen LogP contribution in [0.5, 0.6) is 0 Å². The molecule has 4 aliphatic carbocycles. The summed E-state index contributed by atoms with van der Waals surface area (Å²) < 4.78 is 98.1. The molecule has 3 aliphatic heterocycles. The fraction of sp³-hybridized carbons (Fsp3) is 0.500. The zero-order valence-electron chi connectivity index (χ0n) is 38.7. The molecule has 4 N–H and O–H groups in total. The fourth-order valence-electron chi connectivity index (χ4n) is 12.8. The van der Waals surface area contributed by atoms with Gasteiger partial charge in [0.2, 0.25) is 17.5 Å². The maximum Gasteiger partial charge on any atom is 0.294 e. The van der Waals surface area contributed by atoms with Gasteiger partial charge in [0, 0.05) is 71.6 Å². The average Bonchev–Trinajstić information content (AvgIpc) is 3.95. The van der Waals surface area contributed by atoms with Crippen LogP contribution in [0.4, 0.5) is 20.2 Å². The van der Waals surface area contributed by atoms with Crippen LogP contribution in [-0.2, 0) is 53.7 Å². The number of nitrogens with zero attached hydrogens (tertiary/aromatic N) is 3. The Morgan fingerprint density at radius 2 is 1.51 bits per heavy atom. The number of anilines is 1. The highest BCUT2D eigenvalue weighted by molar-refractivity contribution is 7.86. The summed E-state index contributed by atoms with van der Waals surface area (Å²) in [4.78, 5) is 30.4. The van der Waals surface area contributed by atoms with Gasteiger partial charge < -0.3 is 20.4 Å². The van der Waals surface area contributed by atoms with E-state index in [1.54, 1.807) is 17.0 Å². The van der Waals surface area contributed by atoms with Gasteiger partial charge in [-0.05, 0) is 143 Å². The number of fused-ring (bicyclic) bond motifs is 3. The van der Waals surface area contributed by atoms with Crippen LogP contribution in [0.25, 0.3) is 0 Å². The van der Waals surface area contributed by atoms with Gasteiger partial charge in [-0.1, -0.05) is 26.3 Å². The van der Waals surface area contributed by atoms with Crippen molar-refractivity contribution in [1.29, 1.82) is 0 Å². The van der Waals surface area contributed by atoms with Gasteiger partial charge in [0.1, 0.15) is 6.54 Å². The van der Waals surface area contributed by atoms with E-state index >= 15 is 0 Å². The van der Waals surface area contributed by atoms with E-state index in [4.69, 9.17) is 0 Å². The molecule has 3 aromatic rings. The van der Waals surface area contributed by atoms with Crippen molar-refractivity contribution < 1.29 is 48.9 Å². The highest BCUT2D eigenvalue weighted by atomic mass is 32.2. The van der Waals surface area contributed by atoms with Gasteiger partial charge >= 0.3 is 0 Å². The van der Waals surface area contributed by atoms with E-state index in [2.05, 4.69) is 20.1 Å². The SMILES string of the molecule is CC[N+]1=C(/C=C/C=C2/N(CCCCCC(=O)NC34CC5CC(C3)C(NCC(=O)N3Cc6cc(F)c(F)cc6C3)(C5)C4)c3ccc(S(=O)(=O)O)cc3C2(C)C)C(C)(C)c2cc(S(=O)(=O)O)ccc21. The zero-order valence-corrected chi connectivity index (χ0v) is 40.3. The Labute approximate surface area is 391 Å². The minimum atomic E-state index is -4.46. The van der Waals surface area contributed by atoms with E-state index in [1.807, 2.05) is 52.8 Å². The Kier molecular flexibility index (Phi) is 11.8. The molecule has 0 saturated heterocycles. The van der Waals surface area contributed by atoms with E-state index in [9.17, 15) is 44.3 Å². The minimum absolute atomic E-state index is 0.0170. The molecule has 4 unspecified atom stereocenters. The van der Waals surface area contributed by atoms with Crippen LogP contribution in [0.1, 0.15) is 115 Å². The first kappa shape index (κ1) is 47.3. The maximum absolute atomic E-state index is 13.8. The van der Waals surface area contributed by atoms with Gasteiger partial charge in [-0.3, -0.25) is 18.7 Å². The molecule has 2 amide bonds. The number of carbonyl (C=O) groups excluding carboxylic acids is 2. The number of allylic oxidation sites excluding steroid dienone is 4. The van der Waals surface area contributed by atoms with Crippen molar-refractivity contribution in [2.75, 3.05) is 24.5 Å². The van der Waals surface area contributed by atoms with Crippen LogP contribution in [0.15, 0.2) is 82.2 Å². The molecule has 4 fully saturated rings. The second kappa shape index (κ2) is 16.7. The van der Waals surface area contributed by atoms with E-state index in [0.29, 0.717) is 48.9 Å². The molecule has 10 rings (SSSR count). The minimum Gasteiger partial charge on any atom is -0.351 e. The predicted molar refractivity (Wildman–Crippen MR) is 249 cm³/mol. The summed E-state index contributed by atoms with van der Waals surface area (Å²) in [7, 11) is -8.86. The number of halogens is 2. The first-order valence-corrected chi connectivity index (χ1v) is 26.2. The molecular formula is C50H60F2N5O8S2+. The number of carbonyl (C=O) groups is 2. The molecule has 358 valence electrons. The van der Waals surface area contributed by atoms with Gasteiger partial charge in [0.05, 0.1) is 21.8 Å². The third-order valence-corrected chi connectivity index (χ3v) is 17.5. The second-order valence-electron chi connectivity index (χ2n) is 20.8. The second-order valence-corrected chi connectivity index (χ2v) is 23.6. The van der Waals surface area contributed by atoms with Crippen LogP contribution in [0, 0.1) is 23.5 Å². The summed E-state index contributed by atoms with van der Waals surface area (Å²) in [6.45, 7) is 11.9. The molecule has 7 aliphatic rings. The topological polar surface area (TPSA) is 176 Å². The first-order valence-electron chi connectivity index (χ1n) is 23.3. The monoisotopic (exact) mass is 960 g/mol. The normalized spacial score (nSPS) is 26.0. The van der Waals surface area contributed by atoms with Crippen LogP contribution in [-0.4, -0.2) is 83.7 Å². The molecule has 0 spiro atoms.